The summed E-state index contributed by atoms with van der Waals surface area (Å²) in [5, 5.41) is 4.13. The molecule has 172 valence electrons. The molecule has 4 rings (SSSR count). The van der Waals surface area contributed by atoms with Crippen LogP contribution in [0.2, 0.25) is 0 Å². The van der Waals surface area contributed by atoms with E-state index in [0.717, 1.165) is 22.3 Å². The van der Waals surface area contributed by atoms with Crippen molar-refractivity contribution in [2.75, 3.05) is 36.4 Å². The van der Waals surface area contributed by atoms with Gasteiger partial charge in [-0.1, -0.05) is 18.2 Å². The molecule has 2 amide bonds. The lowest BCUT2D eigenvalue weighted by molar-refractivity contribution is 0.0240. The Labute approximate surface area is 193 Å². The molecular weight excluding hydrogens is 418 g/mol. The molecular formula is C25H29N5O3. The zero-order valence-corrected chi connectivity index (χ0v) is 19.2. The fourth-order valence-corrected chi connectivity index (χ4v) is 3.84. The zero-order chi connectivity index (χ0) is 23.6. The van der Waals surface area contributed by atoms with Gasteiger partial charge in [0.05, 0.1) is 16.8 Å². The summed E-state index contributed by atoms with van der Waals surface area (Å²) in [5.41, 5.74) is 8.70. The average molecular weight is 448 g/mol. The second-order valence-electron chi connectivity index (χ2n) is 9.06. The number of anilines is 3. The van der Waals surface area contributed by atoms with E-state index in [1.165, 1.54) is 6.20 Å². The number of rotatable bonds is 4. The summed E-state index contributed by atoms with van der Waals surface area (Å²) in [5.74, 6) is -0.537. The maximum Gasteiger partial charge on any atom is 0.410 e. The molecule has 0 bridgehead atoms. The number of nitrogens with one attached hydrogen (secondary N) is 1. The highest BCUT2D eigenvalue weighted by molar-refractivity contribution is 6.07. The molecule has 0 unspecified atom stereocenters. The van der Waals surface area contributed by atoms with Crippen LogP contribution < -0.4 is 16.0 Å². The van der Waals surface area contributed by atoms with Gasteiger partial charge < -0.3 is 25.6 Å². The molecule has 0 aliphatic carbocycles. The van der Waals surface area contributed by atoms with Crippen molar-refractivity contribution in [2.24, 2.45) is 5.73 Å². The first-order valence-electron chi connectivity index (χ1n) is 11.0. The van der Waals surface area contributed by atoms with Crippen molar-refractivity contribution >= 4 is 40.0 Å². The molecule has 0 radical (unpaired) electrons. The van der Waals surface area contributed by atoms with Gasteiger partial charge in [-0.25, -0.2) is 4.79 Å². The van der Waals surface area contributed by atoms with E-state index in [4.69, 9.17) is 10.5 Å². The summed E-state index contributed by atoms with van der Waals surface area (Å²) < 4.78 is 5.48. The van der Waals surface area contributed by atoms with Gasteiger partial charge in [-0.3, -0.25) is 9.78 Å². The number of aromatic nitrogens is 1. The molecule has 1 saturated heterocycles. The largest absolute Gasteiger partial charge is 0.444 e. The minimum absolute atomic E-state index is 0.280. The summed E-state index contributed by atoms with van der Waals surface area (Å²) >= 11 is 0. The monoisotopic (exact) mass is 447 g/mol. The number of carbonyl (C=O) groups is 2. The predicted octanol–water partition coefficient (Wildman–Crippen LogP) is 4.13. The molecule has 8 heteroatoms. The Morgan fingerprint density at radius 3 is 2.36 bits per heavy atom. The van der Waals surface area contributed by atoms with Crippen molar-refractivity contribution in [1.82, 2.24) is 9.88 Å². The van der Waals surface area contributed by atoms with Crippen LogP contribution in [0, 0.1) is 0 Å². The van der Waals surface area contributed by atoms with Crippen molar-refractivity contribution in [3.8, 4) is 0 Å². The Kier molecular flexibility index (Phi) is 6.09. The molecule has 8 nitrogen and oxygen atoms in total. The van der Waals surface area contributed by atoms with Gasteiger partial charge in [0.1, 0.15) is 5.60 Å². The van der Waals surface area contributed by atoms with E-state index in [9.17, 15) is 9.59 Å². The van der Waals surface area contributed by atoms with Gasteiger partial charge in [0.2, 0.25) is 0 Å². The van der Waals surface area contributed by atoms with Crippen LogP contribution in [0.4, 0.5) is 21.9 Å². The van der Waals surface area contributed by atoms with Gasteiger partial charge in [0, 0.05) is 49.1 Å². The minimum Gasteiger partial charge on any atom is -0.444 e. The highest BCUT2D eigenvalue weighted by Crippen LogP contribution is 2.31. The average Bonchev–Trinajstić information content (AvgIpc) is 2.78. The Morgan fingerprint density at radius 1 is 1.03 bits per heavy atom. The van der Waals surface area contributed by atoms with Gasteiger partial charge in [-0.15, -0.1) is 0 Å². The van der Waals surface area contributed by atoms with Gasteiger partial charge in [-0.05, 0) is 51.1 Å². The van der Waals surface area contributed by atoms with E-state index in [1.807, 2.05) is 69.3 Å². The minimum atomic E-state index is -0.537. The smallest absolute Gasteiger partial charge is 0.410 e. The number of primary amides is 1. The van der Waals surface area contributed by atoms with Crippen molar-refractivity contribution in [2.45, 2.75) is 26.4 Å². The summed E-state index contributed by atoms with van der Waals surface area (Å²) in [7, 11) is 0. The number of nitrogens with zero attached hydrogens (tertiary/aromatic N) is 3. The maximum atomic E-state index is 12.3. The topological polar surface area (TPSA) is 101 Å². The molecule has 2 heterocycles. The molecule has 0 saturated carbocycles. The number of hydrogen-bond acceptors (Lipinski definition) is 6. The molecule has 0 spiro atoms. The van der Waals surface area contributed by atoms with Crippen LogP contribution in [0.5, 0.6) is 0 Å². The SMILES string of the molecule is CC(C)(C)OC(=O)N1CCN(c2ccc3c(Nc4ccccc4)c(C(N)=O)cnc3c2)CC1. The number of pyridine rings is 1. The van der Waals surface area contributed by atoms with Crippen molar-refractivity contribution in [3.63, 3.8) is 0 Å². The molecule has 1 aliphatic rings. The van der Waals surface area contributed by atoms with Crippen LogP contribution in [-0.2, 0) is 4.74 Å². The van der Waals surface area contributed by atoms with Gasteiger partial charge in [-0.2, -0.15) is 0 Å². The number of ether oxygens (including phenoxy) is 1. The standard InChI is InChI=1S/C25H29N5O3/c1-25(2,3)33-24(32)30-13-11-29(12-14-30)18-9-10-19-21(15-18)27-16-20(23(26)31)22(19)28-17-7-5-4-6-8-17/h4-10,15-16H,11-14H2,1-3H3,(H2,26,31)(H,27,28). The predicted molar refractivity (Wildman–Crippen MR) is 130 cm³/mol. The summed E-state index contributed by atoms with van der Waals surface area (Å²) in [6, 6.07) is 15.6. The fourth-order valence-electron chi connectivity index (χ4n) is 3.84. The van der Waals surface area contributed by atoms with Crippen molar-refractivity contribution in [3.05, 3.63) is 60.3 Å². The third-order valence-corrected chi connectivity index (χ3v) is 5.46. The van der Waals surface area contributed by atoms with Crippen LogP contribution in [0.3, 0.4) is 0 Å². The van der Waals surface area contributed by atoms with Crippen LogP contribution in [-0.4, -0.2) is 53.7 Å². The normalized spacial score (nSPS) is 14.3. The number of nitrogens with two attached hydrogens (primary N) is 1. The molecule has 33 heavy (non-hydrogen) atoms. The number of carbonyl (C=O) groups excluding carboxylic acids is 2. The highest BCUT2D eigenvalue weighted by Gasteiger charge is 2.26. The summed E-state index contributed by atoms with van der Waals surface area (Å²) in [4.78, 5) is 32.8. The Hall–Kier alpha value is -3.81. The molecule has 1 aliphatic heterocycles. The van der Waals surface area contributed by atoms with Crippen LogP contribution in [0.15, 0.2) is 54.7 Å². The number of piperazine rings is 1. The number of para-hydroxylation sites is 1. The summed E-state index contributed by atoms with van der Waals surface area (Å²) in [6.07, 6.45) is 1.23. The van der Waals surface area contributed by atoms with Gasteiger partial charge in [0.15, 0.2) is 0 Å². The molecule has 3 aromatic rings. The number of hydrogen-bond donors (Lipinski definition) is 2. The van der Waals surface area contributed by atoms with E-state index in [-0.39, 0.29) is 6.09 Å². The molecule has 3 N–H and O–H groups in total. The maximum absolute atomic E-state index is 12.3. The lowest BCUT2D eigenvalue weighted by atomic mass is 10.1. The van der Waals surface area contributed by atoms with Crippen molar-refractivity contribution in [1.29, 1.82) is 0 Å². The number of amides is 2. The van der Waals surface area contributed by atoms with Gasteiger partial charge >= 0.3 is 6.09 Å². The van der Waals surface area contributed by atoms with Crippen molar-refractivity contribution < 1.29 is 14.3 Å². The second kappa shape index (κ2) is 8.97. The van der Waals surface area contributed by atoms with E-state index in [1.54, 1.807) is 4.90 Å². The first kappa shape index (κ1) is 22.4. The zero-order valence-electron chi connectivity index (χ0n) is 19.2. The van der Waals surface area contributed by atoms with E-state index >= 15 is 0 Å². The number of benzene rings is 2. The fraction of sp³-hybridized carbons (Fsp3) is 0.320. The third kappa shape index (κ3) is 5.16. The van der Waals surface area contributed by atoms with E-state index in [0.29, 0.717) is 37.4 Å². The first-order chi connectivity index (χ1) is 15.7. The van der Waals surface area contributed by atoms with Gasteiger partial charge in [0.25, 0.3) is 5.91 Å². The summed E-state index contributed by atoms with van der Waals surface area (Å²) in [6.45, 7) is 8.16. The molecule has 0 atom stereocenters. The Balaban J connectivity index is 1.56. The molecule has 1 aromatic heterocycles. The number of fused-ring (bicyclic) bond motifs is 1. The lowest BCUT2D eigenvalue weighted by Crippen LogP contribution is -2.50. The first-order valence-corrected chi connectivity index (χ1v) is 11.0. The Morgan fingerprint density at radius 2 is 1.73 bits per heavy atom. The van der Waals surface area contributed by atoms with E-state index in [2.05, 4.69) is 15.2 Å². The molecule has 2 aromatic carbocycles. The lowest BCUT2D eigenvalue weighted by Gasteiger charge is -2.36. The van der Waals surface area contributed by atoms with Crippen LogP contribution in [0.25, 0.3) is 10.9 Å². The second-order valence-corrected chi connectivity index (χ2v) is 9.06. The quantitative estimate of drug-likeness (QED) is 0.624. The third-order valence-electron chi connectivity index (χ3n) is 5.46. The highest BCUT2D eigenvalue weighted by atomic mass is 16.6. The Bertz CT molecular complexity index is 1170. The molecule has 1 fully saturated rings. The van der Waals surface area contributed by atoms with Crippen LogP contribution >= 0.6 is 0 Å². The van der Waals surface area contributed by atoms with Crippen LogP contribution in [0.1, 0.15) is 31.1 Å². The van der Waals surface area contributed by atoms with E-state index < -0.39 is 11.5 Å².